The van der Waals surface area contributed by atoms with Gasteiger partial charge in [0.15, 0.2) is 0 Å². The molecule has 0 aromatic heterocycles. The molecule has 1 rings (SSSR count). The number of likely N-dealkylation sites (N-methyl/N-ethyl adjacent to an activating group) is 1. The molecule has 0 aliphatic heterocycles. The van der Waals surface area contributed by atoms with Crippen LogP contribution in [0.15, 0.2) is 29.2 Å². The van der Waals surface area contributed by atoms with E-state index < -0.39 is 10.0 Å². The maximum atomic E-state index is 12.2. The largest absolute Gasteiger partial charge is 0.338 e. The second-order valence-electron chi connectivity index (χ2n) is 5.30. The third kappa shape index (κ3) is 4.52. The molecule has 3 N–H and O–H groups in total. The normalized spacial score (nSPS) is 13.2. The molecule has 1 unspecified atom stereocenters. The number of rotatable bonds is 6. The summed E-state index contributed by atoms with van der Waals surface area (Å²) in [7, 11) is -1.87. The molecule has 1 atom stereocenters. The second kappa shape index (κ2) is 7.02. The molecule has 0 bridgehead atoms. The summed E-state index contributed by atoms with van der Waals surface area (Å²) in [6, 6.07) is 5.61. The third-order valence-electron chi connectivity index (χ3n) is 3.13. The van der Waals surface area contributed by atoms with Crippen molar-refractivity contribution < 1.29 is 13.2 Å². The fourth-order valence-corrected chi connectivity index (χ4v) is 2.97. The van der Waals surface area contributed by atoms with Gasteiger partial charge in [0, 0.05) is 31.2 Å². The van der Waals surface area contributed by atoms with E-state index in [0.29, 0.717) is 12.1 Å². The first kappa shape index (κ1) is 17.6. The van der Waals surface area contributed by atoms with E-state index in [0.717, 1.165) is 0 Å². The van der Waals surface area contributed by atoms with E-state index in [1.165, 1.54) is 29.2 Å². The van der Waals surface area contributed by atoms with Crippen LogP contribution in [-0.4, -0.2) is 44.9 Å². The lowest BCUT2D eigenvalue weighted by atomic mass is 10.2. The summed E-state index contributed by atoms with van der Waals surface area (Å²) >= 11 is 0. The Morgan fingerprint density at radius 2 is 1.76 bits per heavy atom. The van der Waals surface area contributed by atoms with Gasteiger partial charge in [0.25, 0.3) is 5.91 Å². The van der Waals surface area contributed by atoms with Crippen molar-refractivity contribution >= 4 is 15.9 Å². The van der Waals surface area contributed by atoms with Crippen LogP contribution in [-0.2, 0) is 10.0 Å². The number of benzene rings is 1. The standard InChI is InChI=1S/C14H23N3O3S/c1-10(2)16-21(19,20)13-7-5-12(6-8-13)14(18)17(4)11(3)9-15/h5-8,10-11,16H,9,15H2,1-4H3. The summed E-state index contributed by atoms with van der Waals surface area (Å²) in [6.45, 7) is 5.72. The number of nitrogens with two attached hydrogens (primary N) is 1. The Morgan fingerprint density at radius 1 is 1.24 bits per heavy atom. The highest BCUT2D eigenvalue weighted by Crippen LogP contribution is 2.13. The number of hydrogen-bond donors (Lipinski definition) is 2. The van der Waals surface area contributed by atoms with Crippen LogP contribution in [0.25, 0.3) is 0 Å². The van der Waals surface area contributed by atoms with Crippen molar-refractivity contribution in [2.75, 3.05) is 13.6 Å². The van der Waals surface area contributed by atoms with Gasteiger partial charge in [0.05, 0.1) is 4.90 Å². The Bertz CT molecular complexity index is 582. The molecule has 6 nitrogen and oxygen atoms in total. The Kier molecular flexibility index (Phi) is 5.88. The van der Waals surface area contributed by atoms with Crippen molar-refractivity contribution in [1.29, 1.82) is 0 Å². The van der Waals surface area contributed by atoms with Crippen LogP contribution in [0.2, 0.25) is 0 Å². The van der Waals surface area contributed by atoms with Gasteiger partial charge >= 0.3 is 0 Å². The van der Waals surface area contributed by atoms with Crippen LogP contribution in [0, 0.1) is 0 Å². The maximum Gasteiger partial charge on any atom is 0.253 e. The molecule has 0 spiro atoms. The van der Waals surface area contributed by atoms with Gasteiger partial charge < -0.3 is 10.6 Å². The molecular weight excluding hydrogens is 290 g/mol. The highest BCUT2D eigenvalue weighted by Gasteiger charge is 2.19. The number of nitrogens with one attached hydrogen (secondary N) is 1. The number of amides is 1. The quantitative estimate of drug-likeness (QED) is 0.812. The Labute approximate surface area is 126 Å². The monoisotopic (exact) mass is 313 g/mol. The smallest absolute Gasteiger partial charge is 0.253 e. The Balaban J connectivity index is 2.95. The van der Waals surface area contributed by atoms with E-state index in [2.05, 4.69) is 4.72 Å². The summed E-state index contributed by atoms with van der Waals surface area (Å²) in [5.74, 6) is -0.186. The van der Waals surface area contributed by atoms with Crippen LogP contribution in [0.3, 0.4) is 0 Å². The third-order valence-corrected chi connectivity index (χ3v) is 4.80. The zero-order valence-electron chi connectivity index (χ0n) is 12.8. The molecular formula is C14H23N3O3S. The van der Waals surface area contributed by atoms with Gasteiger partial charge in [-0.2, -0.15) is 0 Å². The van der Waals surface area contributed by atoms with Gasteiger partial charge in [-0.1, -0.05) is 0 Å². The topological polar surface area (TPSA) is 92.5 Å². The fraction of sp³-hybridized carbons (Fsp3) is 0.500. The minimum absolute atomic E-state index is 0.0801. The summed E-state index contributed by atoms with van der Waals surface area (Å²) in [4.78, 5) is 13.9. The molecule has 0 aliphatic rings. The first-order valence-electron chi connectivity index (χ1n) is 6.78. The van der Waals surface area contributed by atoms with E-state index in [-0.39, 0.29) is 22.9 Å². The molecule has 1 aromatic rings. The molecule has 0 fully saturated rings. The average molecular weight is 313 g/mol. The van der Waals surface area contributed by atoms with Crippen LogP contribution >= 0.6 is 0 Å². The zero-order chi connectivity index (χ0) is 16.2. The molecule has 0 saturated carbocycles. The molecule has 1 aromatic carbocycles. The molecule has 7 heteroatoms. The number of nitrogens with zero attached hydrogens (tertiary/aromatic N) is 1. The minimum Gasteiger partial charge on any atom is -0.338 e. The number of sulfonamides is 1. The Hall–Kier alpha value is -1.44. The first-order chi connectivity index (χ1) is 9.69. The predicted octanol–water partition coefficient (Wildman–Crippen LogP) is 0.793. The number of carbonyl (C=O) groups excluding carboxylic acids is 1. The van der Waals surface area contributed by atoms with Gasteiger partial charge in [0.1, 0.15) is 0 Å². The van der Waals surface area contributed by atoms with Crippen molar-refractivity contribution in [2.24, 2.45) is 5.73 Å². The highest BCUT2D eigenvalue weighted by atomic mass is 32.2. The summed E-state index contributed by atoms with van der Waals surface area (Å²) in [5, 5.41) is 0. The van der Waals surface area contributed by atoms with E-state index >= 15 is 0 Å². The van der Waals surface area contributed by atoms with Crippen molar-refractivity contribution in [3.05, 3.63) is 29.8 Å². The molecule has 0 radical (unpaired) electrons. The lowest BCUT2D eigenvalue weighted by molar-refractivity contribution is 0.0748. The van der Waals surface area contributed by atoms with E-state index in [9.17, 15) is 13.2 Å². The molecule has 1 amide bonds. The maximum absolute atomic E-state index is 12.2. The molecule has 0 heterocycles. The summed E-state index contributed by atoms with van der Waals surface area (Å²) < 4.78 is 26.5. The SMILES string of the molecule is CC(C)NS(=O)(=O)c1ccc(C(=O)N(C)C(C)CN)cc1. The molecule has 0 saturated heterocycles. The lowest BCUT2D eigenvalue weighted by Crippen LogP contribution is -2.39. The summed E-state index contributed by atoms with van der Waals surface area (Å²) in [6.07, 6.45) is 0. The van der Waals surface area contributed by atoms with Gasteiger partial charge in [-0.3, -0.25) is 4.79 Å². The van der Waals surface area contributed by atoms with Gasteiger partial charge in [-0.05, 0) is 45.0 Å². The molecule has 0 aliphatic carbocycles. The van der Waals surface area contributed by atoms with Crippen LogP contribution in [0.4, 0.5) is 0 Å². The Morgan fingerprint density at radius 3 is 2.19 bits per heavy atom. The van der Waals surface area contributed by atoms with Gasteiger partial charge in [-0.25, -0.2) is 13.1 Å². The van der Waals surface area contributed by atoms with Crippen LogP contribution in [0.5, 0.6) is 0 Å². The van der Waals surface area contributed by atoms with E-state index in [1.807, 2.05) is 6.92 Å². The second-order valence-corrected chi connectivity index (χ2v) is 7.02. The number of carbonyl (C=O) groups is 1. The zero-order valence-corrected chi connectivity index (χ0v) is 13.6. The first-order valence-corrected chi connectivity index (χ1v) is 8.27. The minimum atomic E-state index is -3.54. The van der Waals surface area contributed by atoms with Gasteiger partial charge in [-0.15, -0.1) is 0 Å². The van der Waals surface area contributed by atoms with Crippen molar-refractivity contribution in [1.82, 2.24) is 9.62 Å². The molecule has 118 valence electrons. The van der Waals surface area contributed by atoms with Crippen LogP contribution < -0.4 is 10.5 Å². The van der Waals surface area contributed by atoms with E-state index in [1.54, 1.807) is 20.9 Å². The van der Waals surface area contributed by atoms with Crippen molar-refractivity contribution in [3.8, 4) is 0 Å². The lowest BCUT2D eigenvalue weighted by Gasteiger charge is -2.23. The van der Waals surface area contributed by atoms with E-state index in [4.69, 9.17) is 5.73 Å². The fourth-order valence-electron chi connectivity index (χ4n) is 1.72. The molecule has 21 heavy (non-hydrogen) atoms. The van der Waals surface area contributed by atoms with Crippen molar-refractivity contribution in [2.45, 2.75) is 37.8 Å². The highest BCUT2D eigenvalue weighted by molar-refractivity contribution is 7.89. The number of hydrogen-bond acceptors (Lipinski definition) is 4. The average Bonchev–Trinajstić information content (AvgIpc) is 2.43. The predicted molar refractivity (Wildman–Crippen MR) is 82.5 cm³/mol. The van der Waals surface area contributed by atoms with Gasteiger partial charge in [0.2, 0.25) is 10.0 Å². The van der Waals surface area contributed by atoms with Crippen molar-refractivity contribution in [3.63, 3.8) is 0 Å². The van der Waals surface area contributed by atoms with Crippen LogP contribution in [0.1, 0.15) is 31.1 Å². The summed E-state index contributed by atoms with van der Waals surface area (Å²) in [5.41, 5.74) is 5.97.